The van der Waals surface area contributed by atoms with Crippen molar-refractivity contribution in [1.82, 2.24) is 0 Å². The van der Waals surface area contributed by atoms with Gasteiger partial charge in [0.2, 0.25) is 0 Å². The topological polar surface area (TPSA) is 46.5 Å². The molecule has 1 rings (SSSR count). The standard InChI is InChI=1S/C8H12O3/c1-11-8(10)7-3-2-6(4-7)5-9/h2-3,6-7,9H,4-5H2,1H3/t6-,7-/m0/s1. The van der Waals surface area contributed by atoms with Gasteiger partial charge < -0.3 is 9.84 Å². The quantitative estimate of drug-likeness (QED) is 0.463. The van der Waals surface area contributed by atoms with Crippen molar-refractivity contribution in [3.05, 3.63) is 12.2 Å². The second kappa shape index (κ2) is 3.53. The van der Waals surface area contributed by atoms with Crippen LogP contribution in [0.15, 0.2) is 12.2 Å². The lowest BCUT2D eigenvalue weighted by Crippen LogP contribution is -2.13. The zero-order chi connectivity index (χ0) is 8.27. The largest absolute Gasteiger partial charge is 0.469 e. The number of aliphatic hydroxyl groups excluding tert-OH is 1. The van der Waals surface area contributed by atoms with Crippen LogP contribution in [0, 0.1) is 11.8 Å². The first kappa shape index (κ1) is 8.27. The first-order valence-corrected chi connectivity index (χ1v) is 3.65. The highest BCUT2D eigenvalue weighted by Gasteiger charge is 2.24. The van der Waals surface area contributed by atoms with Crippen LogP contribution in [-0.2, 0) is 9.53 Å². The molecule has 2 atom stereocenters. The molecule has 0 radical (unpaired) electrons. The summed E-state index contributed by atoms with van der Waals surface area (Å²) in [6, 6.07) is 0. The molecule has 0 aromatic heterocycles. The number of hydrogen-bond acceptors (Lipinski definition) is 3. The van der Waals surface area contributed by atoms with Crippen molar-refractivity contribution < 1.29 is 14.6 Å². The minimum absolute atomic E-state index is 0.115. The monoisotopic (exact) mass is 156 g/mol. The molecular weight excluding hydrogens is 144 g/mol. The maximum atomic E-state index is 10.9. The van der Waals surface area contributed by atoms with Gasteiger partial charge in [-0.2, -0.15) is 0 Å². The van der Waals surface area contributed by atoms with E-state index >= 15 is 0 Å². The highest BCUT2D eigenvalue weighted by Crippen LogP contribution is 2.23. The molecule has 0 aromatic rings. The molecule has 0 amide bonds. The van der Waals surface area contributed by atoms with Crippen LogP contribution < -0.4 is 0 Å². The molecule has 0 aliphatic heterocycles. The molecule has 0 unspecified atom stereocenters. The average molecular weight is 156 g/mol. The molecule has 1 aliphatic rings. The Balaban J connectivity index is 2.43. The van der Waals surface area contributed by atoms with Crippen molar-refractivity contribution in [2.75, 3.05) is 13.7 Å². The van der Waals surface area contributed by atoms with E-state index in [0.29, 0.717) is 6.42 Å². The summed E-state index contributed by atoms with van der Waals surface area (Å²) < 4.78 is 4.56. The van der Waals surface area contributed by atoms with E-state index in [9.17, 15) is 4.79 Å². The van der Waals surface area contributed by atoms with E-state index in [0.717, 1.165) is 0 Å². The van der Waals surface area contributed by atoms with Gasteiger partial charge in [0, 0.05) is 12.5 Å². The van der Waals surface area contributed by atoms with Gasteiger partial charge in [-0.15, -0.1) is 0 Å². The van der Waals surface area contributed by atoms with Crippen LogP contribution in [0.3, 0.4) is 0 Å². The third-order valence-electron chi connectivity index (χ3n) is 1.91. The first-order chi connectivity index (χ1) is 5.27. The normalized spacial score (nSPS) is 28.9. The summed E-state index contributed by atoms with van der Waals surface area (Å²) in [6.07, 6.45) is 4.34. The van der Waals surface area contributed by atoms with Gasteiger partial charge in [0.25, 0.3) is 0 Å². The van der Waals surface area contributed by atoms with Crippen LogP contribution in [0.1, 0.15) is 6.42 Å². The molecule has 0 bridgehead atoms. The van der Waals surface area contributed by atoms with Crippen LogP contribution in [0.25, 0.3) is 0 Å². The molecular formula is C8H12O3. The Morgan fingerprint density at radius 2 is 2.45 bits per heavy atom. The van der Waals surface area contributed by atoms with E-state index in [1.54, 1.807) is 6.08 Å². The van der Waals surface area contributed by atoms with Gasteiger partial charge in [0.15, 0.2) is 0 Å². The molecule has 11 heavy (non-hydrogen) atoms. The number of hydrogen-bond donors (Lipinski definition) is 1. The number of esters is 1. The summed E-state index contributed by atoms with van der Waals surface area (Å²) in [5.41, 5.74) is 0. The molecule has 0 heterocycles. The van der Waals surface area contributed by atoms with Crippen molar-refractivity contribution in [3.8, 4) is 0 Å². The number of carbonyl (C=O) groups excluding carboxylic acids is 1. The van der Waals surface area contributed by atoms with E-state index in [4.69, 9.17) is 5.11 Å². The van der Waals surface area contributed by atoms with Crippen LogP contribution in [0.5, 0.6) is 0 Å². The molecule has 0 fully saturated rings. The van der Waals surface area contributed by atoms with Gasteiger partial charge in [-0.25, -0.2) is 0 Å². The van der Waals surface area contributed by atoms with Crippen molar-refractivity contribution in [1.29, 1.82) is 0 Å². The fraction of sp³-hybridized carbons (Fsp3) is 0.625. The molecule has 1 N–H and O–H groups in total. The molecule has 3 nitrogen and oxygen atoms in total. The molecule has 0 saturated carbocycles. The smallest absolute Gasteiger partial charge is 0.312 e. The second-order valence-corrected chi connectivity index (χ2v) is 2.69. The summed E-state index contributed by atoms with van der Waals surface area (Å²) in [5, 5.41) is 8.73. The number of methoxy groups -OCH3 is 1. The molecule has 0 aromatic carbocycles. The third kappa shape index (κ3) is 1.80. The lowest BCUT2D eigenvalue weighted by Gasteiger charge is -2.06. The Morgan fingerprint density at radius 3 is 2.91 bits per heavy atom. The zero-order valence-corrected chi connectivity index (χ0v) is 6.49. The Labute approximate surface area is 65.7 Å². The van der Waals surface area contributed by atoms with Crippen molar-refractivity contribution in [2.24, 2.45) is 11.8 Å². The Morgan fingerprint density at radius 1 is 1.73 bits per heavy atom. The summed E-state index contributed by atoms with van der Waals surface area (Å²) >= 11 is 0. The van der Waals surface area contributed by atoms with Crippen LogP contribution in [-0.4, -0.2) is 24.8 Å². The average Bonchev–Trinajstić information content (AvgIpc) is 2.50. The maximum absolute atomic E-state index is 10.9. The highest BCUT2D eigenvalue weighted by atomic mass is 16.5. The van der Waals surface area contributed by atoms with Gasteiger partial charge in [-0.1, -0.05) is 12.2 Å². The predicted molar refractivity (Wildman–Crippen MR) is 39.8 cm³/mol. The lowest BCUT2D eigenvalue weighted by molar-refractivity contribution is -0.143. The minimum Gasteiger partial charge on any atom is -0.469 e. The van der Waals surface area contributed by atoms with Crippen molar-refractivity contribution in [2.45, 2.75) is 6.42 Å². The van der Waals surface area contributed by atoms with E-state index in [-0.39, 0.29) is 24.4 Å². The van der Waals surface area contributed by atoms with Crippen molar-refractivity contribution in [3.63, 3.8) is 0 Å². The van der Waals surface area contributed by atoms with Crippen LogP contribution in [0.4, 0.5) is 0 Å². The SMILES string of the molecule is COC(=O)[C@H]1C=C[C@H](CO)C1. The Bertz CT molecular complexity index is 174. The number of aliphatic hydroxyl groups is 1. The van der Waals surface area contributed by atoms with Gasteiger partial charge in [0.05, 0.1) is 13.0 Å². The lowest BCUT2D eigenvalue weighted by atomic mass is 10.0. The number of carbonyl (C=O) groups is 1. The predicted octanol–water partition coefficient (Wildman–Crippen LogP) is 0.344. The van der Waals surface area contributed by atoms with Crippen LogP contribution in [0.2, 0.25) is 0 Å². The fourth-order valence-corrected chi connectivity index (χ4v) is 1.24. The van der Waals surface area contributed by atoms with E-state index in [1.807, 2.05) is 6.08 Å². The van der Waals surface area contributed by atoms with Crippen LogP contribution >= 0.6 is 0 Å². The Hall–Kier alpha value is -0.830. The van der Waals surface area contributed by atoms with Gasteiger partial charge >= 0.3 is 5.97 Å². The molecule has 1 aliphatic carbocycles. The highest BCUT2D eigenvalue weighted by molar-refractivity contribution is 5.74. The third-order valence-corrected chi connectivity index (χ3v) is 1.91. The second-order valence-electron chi connectivity index (χ2n) is 2.69. The summed E-state index contributed by atoms with van der Waals surface area (Å²) in [7, 11) is 1.38. The zero-order valence-electron chi connectivity index (χ0n) is 6.49. The van der Waals surface area contributed by atoms with E-state index in [1.165, 1.54) is 7.11 Å². The Kier molecular flexibility index (Phi) is 2.65. The molecule has 0 spiro atoms. The molecule has 3 heteroatoms. The van der Waals surface area contributed by atoms with Crippen molar-refractivity contribution >= 4 is 5.97 Å². The summed E-state index contributed by atoms with van der Waals surface area (Å²) in [5.74, 6) is -0.214. The number of rotatable bonds is 2. The fourth-order valence-electron chi connectivity index (χ4n) is 1.24. The van der Waals surface area contributed by atoms with E-state index in [2.05, 4.69) is 4.74 Å². The summed E-state index contributed by atoms with van der Waals surface area (Å²) in [4.78, 5) is 10.9. The van der Waals surface area contributed by atoms with Gasteiger partial charge in [0.1, 0.15) is 0 Å². The maximum Gasteiger partial charge on any atom is 0.312 e. The first-order valence-electron chi connectivity index (χ1n) is 3.65. The summed E-state index contributed by atoms with van der Waals surface area (Å²) in [6.45, 7) is 0.115. The van der Waals surface area contributed by atoms with Gasteiger partial charge in [-0.05, 0) is 6.42 Å². The number of ether oxygens (including phenoxy) is 1. The molecule has 62 valence electrons. The van der Waals surface area contributed by atoms with E-state index < -0.39 is 0 Å². The minimum atomic E-state index is -0.211. The van der Waals surface area contributed by atoms with Gasteiger partial charge in [-0.3, -0.25) is 4.79 Å². The molecule has 0 saturated heterocycles.